The molecule has 2 fully saturated rings. The maximum atomic E-state index is 11.5. The lowest BCUT2D eigenvalue weighted by Crippen LogP contribution is -2.50. The van der Waals surface area contributed by atoms with Crippen LogP contribution in [-0.4, -0.2) is 47.8 Å². The van der Waals surface area contributed by atoms with E-state index in [0.717, 1.165) is 38.8 Å². The van der Waals surface area contributed by atoms with Crippen molar-refractivity contribution in [3.63, 3.8) is 0 Å². The molecule has 0 aromatic rings. The summed E-state index contributed by atoms with van der Waals surface area (Å²) in [5, 5.41) is 9.47. The number of carboxylic acid groups (broad SMARTS) is 1. The van der Waals surface area contributed by atoms with E-state index in [9.17, 15) is 9.90 Å². The third kappa shape index (κ3) is 2.80. The lowest BCUT2D eigenvalue weighted by molar-refractivity contribution is -0.152. The van der Waals surface area contributed by atoms with Crippen molar-refractivity contribution in [1.29, 1.82) is 0 Å². The largest absolute Gasteiger partial charge is 0.481 e. The van der Waals surface area contributed by atoms with Crippen LogP contribution in [-0.2, 0) is 9.53 Å². The van der Waals surface area contributed by atoms with Crippen LogP contribution >= 0.6 is 0 Å². The molecule has 0 unspecified atom stereocenters. The van der Waals surface area contributed by atoms with E-state index in [2.05, 4.69) is 18.7 Å². The van der Waals surface area contributed by atoms with Crippen molar-refractivity contribution in [2.45, 2.75) is 51.7 Å². The number of ether oxygens (including phenoxy) is 1. The Kier molecular flexibility index (Phi) is 3.73. The first-order valence-electron chi connectivity index (χ1n) is 6.63. The van der Waals surface area contributed by atoms with Gasteiger partial charge in [0, 0.05) is 19.6 Å². The Morgan fingerprint density at radius 2 is 1.82 bits per heavy atom. The zero-order chi connectivity index (χ0) is 12.5. The molecule has 2 rings (SSSR count). The number of carbonyl (C=O) groups is 1. The maximum absolute atomic E-state index is 11.5. The monoisotopic (exact) mass is 241 g/mol. The highest BCUT2D eigenvalue weighted by Crippen LogP contribution is 2.39. The Bertz CT molecular complexity index is 276. The predicted octanol–water partition coefficient (Wildman–Crippen LogP) is 1.74. The van der Waals surface area contributed by atoms with Gasteiger partial charge in [0.2, 0.25) is 0 Å². The van der Waals surface area contributed by atoms with Gasteiger partial charge >= 0.3 is 5.97 Å². The maximum Gasteiger partial charge on any atom is 0.310 e. The van der Waals surface area contributed by atoms with E-state index in [1.807, 2.05) is 0 Å². The summed E-state index contributed by atoms with van der Waals surface area (Å²) in [6.45, 7) is 6.54. The molecule has 0 amide bonds. The molecule has 98 valence electrons. The molecule has 4 nitrogen and oxygen atoms in total. The second-order valence-corrected chi connectivity index (χ2v) is 5.74. The fourth-order valence-electron chi connectivity index (χ4n) is 3.33. The normalized spacial score (nSPS) is 33.8. The van der Waals surface area contributed by atoms with E-state index in [1.165, 1.54) is 0 Å². The number of carboxylic acids is 1. The second kappa shape index (κ2) is 4.94. The highest BCUT2D eigenvalue weighted by molar-refractivity contribution is 5.75. The molecule has 1 heterocycles. The van der Waals surface area contributed by atoms with E-state index in [0.29, 0.717) is 6.54 Å². The van der Waals surface area contributed by atoms with Crippen LogP contribution in [0.3, 0.4) is 0 Å². The van der Waals surface area contributed by atoms with Crippen molar-refractivity contribution < 1.29 is 14.6 Å². The summed E-state index contributed by atoms with van der Waals surface area (Å²) in [6.07, 6.45) is 4.21. The molecule has 17 heavy (non-hydrogen) atoms. The van der Waals surface area contributed by atoms with Crippen LogP contribution in [0, 0.1) is 5.41 Å². The van der Waals surface area contributed by atoms with Gasteiger partial charge in [-0.05, 0) is 26.7 Å². The van der Waals surface area contributed by atoms with E-state index in [1.54, 1.807) is 0 Å². The van der Waals surface area contributed by atoms with Crippen LogP contribution in [0.5, 0.6) is 0 Å². The minimum atomic E-state index is -0.609. The minimum Gasteiger partial charge on any atom is -0.481 e. The van der Waals surface area contributed by atoms with E-state index in [4.69, 9.17) is 4.74 Å². The Hall–Kier alpha value is -0.610. The van der Waals surface area contributed by atoms with Crippen molar-refractivity contribution in [2.24, 2.45) is 5.41 Å². The Morgan fingerprint density at radius 1 is 1.29 bits per heavy atom. The van der Waals surface area contributed by atoms with Crippen molar-refractivity contribution in [3.8, 4) is 0 Å². The molecule has 0 radical (unpaired) electrons. The van der Waals surface area contributed by atoms with Crippen LogP contribution in [0.1, 0.15) is 39.5 Å². The lowest BCUT2D eigenvalue weighted by Gasteiger charge is -2.39. The quantitative estimate of drug-likeness (QED) is 0.817. The molecule has 2 aliphatic rings. The summed E-state index contributed by atoms with van der Waals surface area (Å²) < 4.78 is 5.69. The Labute approximate surface area is 103 Å². The van der Waals surface area contributed by atoms with Crippen LogP contribution in [0.2, 0.25) is 0 Å². The summed E-state index contributed by atoms with van der Waals surface area (Å²) >= 11 is 0. The van der Waals surface area contributed by atoms with Crippen molar-refractivity contribution in [2.75, 3.05) is 19.6 Å². The van der Waals surface area contributed by atoms with E-state index < -0.39 is 11.4 Å². The number of aliphatic carboxylic acids is 1. The molecule has 0 bridgehead atoms. The first-order valence-corrected chi connectivity index (χ1v) is 6.63. The van der Waals surface area contributed by atoms with Crippen molar-refractivity contribution in [3.05, 3.63) is 0 Å². The fraction of sp³-hybridized carbons (Fsp3) is 0.923. The number of nitrogens with zero attached hydrogens (tertiary/aromatic N) is 1. The number of hydrogen-bond acceptors (Lipinski definition) is 3. The molecule has 1 saturated carbocycles. The summed E-state index contributed by atoms with van der Waals surface area (Å²) in [5.41, 5.74) is -0.489. The highest BCUT2D eigenvalue weighted by Gasteiger charge is 2.43. The molecule has 1 saturated heterocycles. The van der Waals surface area contributed by atoms with Gasteiger partial charge < -0.3 is 9.84 Å². The minimum absolute atomic E-state index is 0.214. The summed E-state index contributed by atoms with van der Waals surface area (Å²) in [4.78, 5) is 13.8. The van der Waals surface area contributed by atoms with E-state index >= 15 is 0 Å². The molecule has 1 N–H and O–H groups in total. The molecule has 1 aliphatic carbocycles. The van der Waals surface area contributed by atoms with Crippen LogP contribution in [0.25, 0.3) is 0 Å². The summed E-state index contributed by atoms with van der Waals surface area (Å²) in [7, 11) is 0. The Morgan fingerprint density at radius 3 is 2.29 bits per heavy atom. The zero-order valence-corrected chi connectivity index (χ0v) is 10.8. The van der Waals surface area contributed by atoms with Gasteiger partial charge in [0.1, 0.15) is 0 Å². The van der Waals surface area contributed by atoms with Crippen LogP contribution in [0.4, 0.5) is 0 Å². The average Bonchev–Trinajstić information content (AvgIpc) is 2.65. The molecule has 0 aromatic carbocycles. The fourth-order valence-corrected chi connectivity index (χ4v) is 3.33. The van der Waals surface area contributed by atoms with Gasteiger partial charge in [0.05, 0.1) is 17.6 Å². The Balaban J connectivity index is 2.00. The number of rotatable bonds is 3. The van der Waals surface area contributed by atoms with Gasteiger partial charge in [0.15, 0.2) is 0 Å². The smallest absolute Gasteiger partial charge is 0.310 e. The van der Waals surface area contributed by atoms with Gasteiger partial charge in [-0.25, -0.2) is 0 Å². The number of hydrogen-bond donors (Lipinski definition) is 1. The molecular formula is C13H23NO3. The zero-order valence-electron chi connectivity index (χ0n) is 10.8. The predicted molar refractivity (Wildman–Crippen MR) is 65.0 cm³/mol. The number of morpholine rings is 1. The molecule has 2 atom stereocenters. The van der Waals surface area contributed by atoms with Gasteiger partial charge in [-0.15, -0.1) is 0 Å². The average molecular weight is 241 g/mol. The lowest BCUT2D eigenvalue weighted by atomic mass is 9.85. The molecule has 4 heteroatoms. The summed E-state index contributed by atoms with van der Waals surface area (Å²) in [5.74, 6) is -0.609. The van der Waals surface area contributed by atoms with Crippen molar-refractivity contribution >= 4 is 5.97 Å². The SMILES string of the molecule is C[C@@H]1CN(CC2(C(=O)O)CCCC2)C[C@H](C)O1. The summed E-state index contributed by atoms with van der Waals surface area (Å²) in [6, 6.07) is 0. The van der Waals surface area contributed by atoms with Crippen LogP contribution in [0.15, 0.2) is 0 Å². The third-order valence-electron chi connectivity index (χ3n) is 4.04. The van der Waals surface area contributed by atoms with Crippen LogP contribution < -0.4 is 0 Å². The third-order valence-corrected chi connectivity index (χ3v) is 4.04. The van der Waals surface area contributed by atoms with Gasteiger partial charge in [-0.3, -0.25) is 9.69 Å². The first kappa shape index (κ1) is 12.8. The van der Waals surface area contributed by atoms with Gasteiger partial charge in [-0.2, -0.15) is 0 Å². The highest BCUT2D eigenvalue weighted by atomic mass is 16.5. The van der Waals surface area contributed by atoms with Gasteiger partial charge in [-0.1, -0.05) is 12.8 Å². The molecule has 1 aliphatic heterocycles. The second-order valence-electron chi connectivity index (χ2n) is 5.74. The van der Waals surface area contributed by atoms with Gasteiger partial charge in [0.25, 0.3) is 0 Å². The standard InChI is InChI=1S/C13H23NO3/c1-10-7-14(8-11(2)17-10)9-13(12(15)16)5-3-4-6-13/h10-11H,3-9H2,1-2H3,(H,15,16)/t10-,11+. The molecular weight excluding hydrogens is 218 g/mol. The first-order chi connectivity index (χ1) is 8.02. The van der Waals surface area contributed by atoms with Crippen molar-refractivity contribution in [1.82, 2.24) is 4.90 Å². The topological polar surface area (TPSA) is 49.8 Å². The molecule has 0 spiro atoms. The van der Waals surface area contributed by atoms with E-state index in [-0.39, 0.29) is 12.2 Å². The molecule has 0 aromatic heterocycles.